The molecule has 0 bridgehead atoms. The van der Waals surface area contributed by atoms with E-state index in [2.05, 4.69) is 5.16 Å². The van der Waals surface area contributed by atoms with Crippen molar-refractivity contribution in [3.05, 3.63) is 83.0 Å². The van der Waals surface area contributed by atoms with Gasteiger partial charge in [0.15, 0.2) is 23.0 Å². The van der Waals surface area contributed by atoms with Crippen molar-refractivity contribution in [1.29, 1.82) is 0 Å². The fourth-order valence-corrected chi connectivity index (χ4v) is 3.39. The molecule has 1 saturated heterocycles. The lowest BCUT2D eigenvalue weighted by Crippen LogP contribution is -2.28. The van der Waals surface area contributed by atoms with Crippen molar-refractivity contribution >= 4 is 5.91 Å². The van der Waals surface area contributed by atoms with Gasteiger partial charge in [0.1, 0.15) is 18.2 Å². The molecule has 1 atom stereocenters. The summed E-state index contributed by atoms with van der Waals surface area (Å²) in [4.78, 5) is 14.3. The first-order valence-electron chi connectivity index (χ1n) is 9.08. The molecule has 1 amide bonds. The van der Waals surface area contributed by atoms with E-state index in [1.165, 1.54) is 18.2 Å². The van der Waals surface area contributed by atoms with Crippen molar-refractivity contribution in [3.8, 4) is 5.75 Å². The van der Waals surface area contributed by atoms with Crippen molar-refractivity contribution < 1.29 is 27.2 Å². The quantitative estimate of drug-likeness (QED) is 0.639. The lowest BCUT2D eigenvalue weighted by Gasteiger charge is -2.15. The molecule has 8 heteroatoms. The molecular weight excluding hydrogens is 385 g/mol. The number of aromatic nitrogens is 1. The van der Waals surface area contributed by atoms with Gasteiger partial charge in [-0.15, -0.1) is 0 Å². The number of ether oxygens (including phenoxy) is 1. The van der Waals surface area contributed by atoms with Gasteiger partial charge >= 0.3 is 0 Å². The van der Waals surface area contributed by atoms with Gasteiger partial charge in [0.2, 0.25) is 0 Å². The van der Waals surface area contributed by atoms with Gasteiger partial charge in [0.25, 0.3) is 5.91 Å². The number of hydrogen-bond acceptors (Lipinski definition) is 4. The monoisotopic (exact) mass is 402 g/mol. The molecule has 2 heterocycles. The van der Waals surface area contributed by atoms with Crippen LogP contribution in [0.15, 0.2) is 53.1 Å². The second kappa shape index (κ2) is 7.98. The van der Waals surface area contributed by atoms with Crippen molar-refractivity contribution in [2.45, 2.75) is 18.9 Å². The summed E-state index contributed by atoms with van der Waals surface area (Å²) in [5.41, 5.74) is 0.690. The highest BCUT2D eigenvalue weighted by Gasteiger charge is 2.30. The third-order valence-electron chi connectivity index (χ3n) is 4.86. The van der Waals surface area contributed by atoms with Gasteiger partial charge in [0, 0.05) is 31.1 Å². The molecule has 1 unspecified atom stereocenters. The van der Waals surface area contributed by atoms with Crippen LogP contribution in [0.4, 0.5) is 13.2 Å². The maximum absolute atomic E-state index is 14.0. The molecule has 1 fully saturated rings. The van der Waals surface area contributed by atoms with Crippen molar-refractivity contribution in [3.63, 3.8) is 0 Å². The highest BCUT2D eigenvalue weighted by molar-refractivity contribution is 5.92. The molecule has 2 aromatic carbocycles. The van der Waals surface area contributed by atoms with Crippen LogP contribution in [-0.2, 0) is 6.61 Å². The third-order valence-corrected chi connectivity index (χ3v) is 4.86. The van der Waals surface area contributed by atoms with Crippen LogP contribution in [0.5, 0.6) is 5.75 Å². The molecule has 0 saturated carbocycles. The van der Waals surface area contributed by atoms with Crippen LogP contribution in [0.3, 0.4) is 0 Å². The SMILES string of the molecule is O=C(c1cc(COc2ccc(F)cc2F)on1)N1CCC(c2ccccc2F)C1. The zero-order valence-electron chi connectivity index (χ0n) is 15.3. The minimum Gasteiger partial charge on any atom is -0.482 e. The molecule has 4 rings (SSSR count). The number of benzene rings is 2. The maximum atomic E-state index is 14.0. The van der Waals surface area contributed by atoms with Gasteiger partial charge in [-0.25, -0.2) is 13.2 Å². The van der Waals surface area contributed by atoms with Gasteiger partial charge < -0.3 is 14.2 Å². The molecule has 0 spiro atoms. The standard InChI is InChI=1S/C21H17F3N2O3/c22-14-5-6-20(18(24)9-14)28-12-15-10-19(25-29-15)21(27)26-8-7-13(11-26)16-3-1-2-4-17(16)23/h1-6,9-10,13H,7-8,11-12H2. The Morgan fingerprint density at radius 3 is 2.76 bits per heavy atom. The topological polar surface area (TPSA) is 55.6 Å². The highest BCUT2D eigenvalue weighted by Crippen LogP contribution is 2.29. The fourth-order valence-electron chi connectivity index (χ4n) is 3.39. The first-order valence-corrected chi connectivity index (χ1v) is 9.08. The van der Waals surface area contributed by atoms with Crippen LogP contribution >= 0.6 is 0 Å². The van der Waals surface area contributed by atoms with Crippen LogP contribution in [0, 0.1) is 17.5 Å². The summed E-state index contributed by atoms with van der Waals surface area (Å²) in [5.74, 6) is -2.13. The first kappa shape index (κ1) is 19.0. The summed E-state index contributed by atoms with van der Waals surface area (Å²) in [6.07, 6.45) is 0.657. The average molecular weight is 402 g/mol. The Labute approximate surface area is 164 Å². The largest absolute Gasteiger partial charge is 0.482 e. The van der Waals surface area contributed by atoms with E-state index in [0.29, 0.717) is 31.1 Å². The Balaban J connectivity index is 1.38. The predicted octanol–water partition coefficient (Wildman–Crippen LogP) is 4.30. The number of likely N-dealkylation sites (tertiary alicyclic amines) is 1. The average Bonchev–Trinajstić information content (AvgIpc) is 3.37. The van der Waals surface area contributed by atoms with E-state index < -0.39 is 11.6 Å². The zero-order chi connectivity index (χ0) is 20.4. The Hall–Kier alpha value is -3.29. The van der Waals surface area contributed by atoms with E-state index in [1.807, 2.05) is 0 Å². The maximum Gasteiger partial charge on any atom is 0.276 e. The van der Waals surface area contributed by atoms with Crippen molar-refractivity contribution in [1.82, 2.24) is 10.1 Å². The molecule has 0 radical (unpaired) electrons. The lowest BCUT2D eigenvalue weighted by atomic mass is 9.98. The lowest BCUT2D eigenvalue weighted by molar-refractivity contribution is 0.0780. The normalized spacial score (nSPS) is 16.2. The molecular formula is C21H17F3N2O3. The Morgan fingerprint density at radius 2 is 1.97 bits per heavy atom. The van der Waals surface area contributed by atoms with Crippen molar-refractivity contribution in [2.24, 2.45) is 0 Å². The summed E-state index contributed by atoms with van der Waals surface area (Å²) >= 11 is 0. The predicted molar refractivity (Wildman–Crippen MR) is 96.9 cm³/mol. The van der Waals surface area contributed by atoms with Crippen LogP contribution in [0.2, 0.25) is 0 Å². The molecule has 1 aromatic heterocycles. The van der Waals surface area contributed by atoms with Gasteiger partial charge in [-0.3, -0.25) is 4.79 Å². The van der Waals surface area contributed by atoms with Crippen LogP contribution < -0.4 is 4.74 Å². The second-order valence-electron chi connectivity index (χ2n) is 6.80. The number of carbonyl (C=O) groups is 1. The van der Waals surface area contributed by atoms with E-state index >= 15 is 0 Å². The zero-order valence-corrected chi connectivity index (χ0v) is 15.3. The molecule has 1 aliphatic heterocycles. The Kier molecular flexibility index (Phi) is 5.24. The van der Waals surface area contributed by atoms with Crippen LogP contribution in [-0.4, -0.2) is 29.1 Å². The summed E-state index contributed by atoms with van der Waals surface area (Å²) in [6, 6.07) is 10.9. The van der Waals surface area contributed by atoms with E-state index in [4.69, 9.17) is 9.26 Å². The van der Waals surface area contributed by atoms with Gasteiger partial charge in [0.05, 0.1) is 0 Å². The molecule has 3 aromatic rings. The summed E-state index contributed by atoms with van der Waals surface area (Å²) in [7, 11) is 0. The summed E-state index contributed by atoms with van der Waals surface area (Å²) in [5, 5.41) is 3.75. The molecule has 5 nitrogen and oxygen atoms in total. The van der Waals surface area contributed by atoms with Gasteiger partial charge in [-0.1, -0.05) is 23.4 Å². The third kappa shape index (κ3) is 4.11. The minimum absolute atomic E-state index is 0.0729. The van der Waals surface area contributed by atoms with Crippen LogP contribution in [0.25, 0.3) is 0 Å². The molecule has 29 heavy (non-hydrogen) atoms. The number of nitrogens with zero attached hydrogens (tertiary/aromatic N) is 2. The number of carbonyl (C=O) groups excluding carboxylic acids is 1. The number of hydrogen-bond donors (Lipinski definition) is 0. The van der Waals surface area contributed by atoms with Crippen molar-refractivity contribution in [2.75, 3.05) is 13.1 Å². The smallest absolute Gasteiger partial charge is 0.276 e. The fraction of sp³-hybridized carbons (Fsp3) is 0.238. The first-order chi connectivity index (χ1) is 14.0. The summed E-state index contributed by atoms with van der Waals surface area (Å²) < 4.78 is 50.8. The van der Waals surface area contributed by atoms with E-state index in [-0.39, 0.29) is 41.5 Å². The molecule has 150 valence electrons. The Bertz CT molecular complexity index is 1040. The van der Waals surface area contributed by atoms with Gasteiger partial charge in [-0.05, 0) is 30.2 Å². The van der Waals surface area contributed by atoms with Gasteiger partial charge in [-0.2, -0.15) is 0 Å². The number of halogens is 3. The molecule has 0 N–H and O–H groups in total. The van der Waals surface area contributed by atoms with E-state index in [0.717, 1.165) is 6.07 Å². The van der Waals surface area contributed by atoms with E-state index in [9.17, 15) is 18.0 Å². The molecule has 0 aliphatic carbocycles. The Morgan fingerprint density at radius 1 is 1.14 bits per heavy atom. The molecule has 1 aliphatic rings. The number of amides is 1. The van der Waals surface area contributed by atoms with Crippen LogP contribution in [0.1, 0.15) is 34.2 Å². The highest BCUT2D eigenvalue weighted by atomic mass is 19.1. The number of rotatable bonds is 5. The summed E-state index contributed by atoms with van der Waals surface area (Å²) in [6.45, 7) is 0.706. The van der Waals surface area contributed by atoms with E-state index in [1.54, 1.807) is 23.1 Å². The second-order valence-corrected chi connectivity index (χ2v) is 6.80. The minimum atomic E-state index is -0.836.